The molecule has 0 aromatic heterocycles. The first-order chi connectivity index (χ1) is 10.0. The normalized spacial score (nSPS) is 10.1. The van der Waals surface area contributed by atoms with E-state index in [-0.39, 0.29) is 24.6 Å². The minimum absolute atomic E-state index is 0.00464. The first kappa shape index (κ1) is 17.2. The molecule has 0 atom stereocenters. The van der Waals surface area contributed by atoms with E-state index in [1.807, 2.05) is 0 Å². The fourth-order valence-electron chi connectivity index (χ4n) is 1.59. The van der Waals surface area contributed by atoms with Crippen molar-refractivity contribution in [2.75, 3.05) is 12.4 Å². The molecule has 0 aliphatic rings. The molecule has 0 aliphatic heterocycles. The molecule has 1 N–H and O–H groups in total. The van der Waals surface area contributed by atoms with Crippen molar-refractivity contribution in [3.63, 3.8) is 0 Å². The van der Waals surface area contributed by atoms with E-state index in [0.717, 1.165) is 4.90 Å². The van der Waals surface area contributed by atoms with Crippen molar-refractivity contribution in [2.24, 2.45) is 0 Å². The van der Waals surface area contributed by atoms with Crippen molar-refractivity contribution < 1.29 is 24.2 Å². The van der Waals surface area contributed by atoms with Crippen molar-refractivity contribution in [2.45, 2.75) is 31.1 Å². The van der Waals surface area contributed by atoms with Gasteiger partial charge in [-0.15, -0.1) is 11.8 Å². The van der Waals surface area contributed by atoms with Gasteiger partial charge in [-0.05, 0) is 19.1 Å². The molecule has 1 aromatic carbocycles. The van der Waals surface area contributed by atoms with Crippen LogP contribution in [0.1, 0.15) is 36.5 Å². The molecule has 114 valence electrons. The van der Waals surface area contributed by atoms with Crippen LogP contribution >= 0.6 is 11.8 Å². The second-order valence-corrected chi connectivity index (χ2v) is 5.41. The second-order valence-electron chi connectivity index (χ2n) is 4.24. The van der Waals surface area contributed by atoms with Crippen molar-refractivity contribution in [3.8, 4) is 0 Å². The van der Waals surface area contributed by atoms with E-state index < -0.39 is 5.97 Å². The van der Waals surface area contributed by atoms with E-state index in [0.29, 0.717) is 24.3 Å². The summed E-state index contributed by atoms with van der Waals surface area (Å²) in [5.74, 6) is -0.758. The van der Waals surface area contributed by atoms with Crippen molar-refractivity contribution in [1.82, 2.24) is 0 Å². The van der Waals surface area contributed by atoms with Crippen LogP contribution in [0.15, 0.2) is 29.2 Å². The zero-order chi connectivity index (χ0) is 15.7. The summed E-state index contributed by atoms with van der Waals surface area (Å²) >= 11 is 1.51. The predicted octanol–water partition coefficient (Wildman–Crippen LogP) is 2.78. The first-order valence-electron chi connectivity index (χ1n) is 6.66. The van der Waals surface area contributed by atoms with Gasteiger partial charge in [0.25, 0.3) is 0 Å². The quantitative estimate of drug-likeness (QED) is 0.429. The number of hydrogen-bond donors (Lipinski definition) is 1. The third-order valence-corrected chi connectivity index (χ3v) is 3.64. The van der Waals surface area contributed by atoms with E-state index in [9.17, 15) is 14.4 Å². The summed E-state index contributed by atoms with van der Waals surface area (Å²) in [6.07, 6.45) is 0.192. The molecule has 21 heavy (non-hydrogen) atoms. The molecule has 0 heterocycles. The van der Waals surface area contributed by atoms with Gasteiger partial charge < -0.3 is 9.84 Å². The molecule has 0 spiro atoms. The van der Waals surface area contributed by atoms with Gasteiger partial charge in [0.1, 0.15) is 0 Å². The molecule has 0 saturated carbocycles. The van der Waals surface area contributed by atoms with Crippen LogP contribution in [-0.4, -0.2) is 35.2 Å². The number of carbonyl (C=O) groups is 3. The van der Waals surface area contributed by atoms with E-state index in [1.54, 1.807) is 31.2 Å². The Labute approximate surface area is 127 Å². The van der Waals surface area contributed by atoms with Crippen molar-refractivity contribution in [1.29, 1.82) is 0 Å². The summed E-state index contributed by atoms with van der Waals surface area (Å²) in [4.78, 5) is 34.2. The van der Waals surface area contributed by atoms with E-state index in [4.69, 9.17) is 9.84 Å². The molecule has 0 saturated heterocycles. The zero-order valence-corrected chi connectivity index (χ0v) is 12.6. The average Bonchev–Trinajstić information content (AvgIpc) is 2.45. The number of Topliss-reactive ketones (excluding diaryl/α,β-unsaturated/α-hetero) is 1. The molecule has 0 fully saturated rings. The molecule has 1 rings (SSSR count). The molecule has 0 amide bonds. The maximum atomic E-state index is 11.7. The number of hydrogen-bond acceptors (Lipinski definition) is 5. The first-order valence-corrected chi connectivity index (χ1v) is 7.65. The number of ether oxygens (including phenoxy) is 1. The molecule has 0 bridgehead atoms. The maximum absolute atomic E-state index is 11.7. The number of carboxylic acids is 1. The number of benzene rings is 1. The van der Waals surface area contributed by atoms with Crippen LogP contribution in [0.2, 0.25) is 0 Å². The summed E-state index contributed by atoms with van der Waals surface area (Å²) < 4.78 is 4.83. The molecule has 6 heteroatoms. The fraction of sp³-hybridized carbons (Fsp3) is 0.400. The highest BCUT2D eigenvalue weighted by Gasteiger charge is 2.08. The topological polar surface area (TPSA) is 80.7 Å². The van der Waals surface area contributed by atoms with Crippen LogP contribution in [0.25, 0.3) is 0 Å². The van der Waals surface area contributed by atoms with Gasteiger partial charge in [-0.1, -0.05) is 12.1 Å². The third kappa shape index (κ3) is 6.94. The minimum Gasteiger partial charge on any atom is -0.481 e. The number of rotatable bonds is 9. The fourth-order valence-corrected chi connectivity index (χ4v) is 2.42. The standard InChI is InChI=1S/C15H18O5S/c1-2-20-15(19)9-10-21-12-5-3-11(4-6-12)13(16)7-8-14(17)18/h3-6H,2,7-10H2,1H3,(H,17,18). The molecule has 0 radical (unpaired) electrons. The number of ketones is 1. The van der Waals surface area contributed by atoms with Gasteiger partial charge in [0, 0.05) is 22.6 Å². The van der Waals surface area contributed by atoms with Crippen molar-refractivity contribution >= 4 is 29.5 Å². The van der Waals surface area contributed by atoms with E-state index in [1.165, 1.54) is 11.8 Å². The molecule has 5 nitrogen and oxygen atoms in total. The Bertz CT molecular complexity index is 495. The van der Waals surface area contributed by atoms with Crippen LogP contribution in [0.3, 0.4) is 0 Å². The van der Waals surface area contributed by atoms with Crippen LogP contribution in [0.4, 0.5) is 0 Å². The summed E-state index contributed by atoms with van der Waals surface area (Å²) in [5, 5.41) is 8.54. The van der Waals surface area contributed by atoms with E-state index in [2.05, 4.69) is 0 Å². The lowest BCUT2D eigenvalue weighted by Gasteiger charge is -2.04. The van der Waals surface area contributed by atoms with Gasteiger partial charge in [0.05, 0.1) is 19.4 Å². The summed E-state index contributed by atoms with van der Waals surface area (Å²) in [7, 11) is 0. The van der Waals surface area contributed by atoms with Crippen LogP contribution in [-0.2, 0) is 14.3 Å². The smallest absolute Gasteiger partial charge is 0.306 e. The largest absolute Gasteiger partial charge is 0.481 e. The second kappa shape index (κ2) is 9.18. The van der Waals surface area contributed by atoms with Crippen LogP contribution < -0.4 is 0 Å². The number of thioether (sulfide) groups is 1. The lowest BCUT2D eigenvalue weighted by atomic mass is 10.1. The van der Waals surface area contributed by atoms with Gasteiger partial charge in [0.15, 0.2) is 5.78 Å². The number of carboxylic acid groups (broad SMARTS) is 1. The average molecular weight is 310 g/mol. The Morgan fingerprint density at radius 1 is 1.10 bits per heavy atom. The molecule has 0 aliphatic carbocycles. The highest BCUT2D eigenvalue weighted by Crippen LogP contribution is 2.20. The van der Waals surface area contributed by atoms with Crippen LogP contribution in [0.5, 0.6) is 0 Å². The van der Waals surface area contributed by atoms with Crippen molar-refractivity contribution in [3.05, 3.63) is 29.8 Å². The highest BCUT2D eigenvalue weighted by atomic mass is 32.2. The third-order valence-electron chi connectivity index (χ3n) is 2.62. The molecule has 0 unspecified atom stereocenters. The lowest BCUT2D eigenvalue weighted by Crippen LogP contribution is -2.04. The zero-order valence-electron chi connectivity index (χ0n) is 11.8. The summed E-state index contributed by atoms with van der Waals surface area (Å²) in [5.41, 5.74) is 0.506. The SMILES string of the molecule is CCOC(=O)CCSc1ccc(C(=O)CCC(=O)O)cc1. The maximum Gasteiger partial charge on any atom is 0.306 e. The van der Waals surface area contributed by atoms with Gasteiger partial charge in [-0.2, -0.15) is 0 Å². The molecule has 1 aromatic rings. The number of esters is 1. The number of aliphatic carboxylic acids is 1. The van der Waals surface area contributed by atoms with Gasteiger partial charge in [0.2, 0.25) is 0 Å². The predicted molar refractivity (Wildman–Crippen MR) is 79.6 cm³/mol. The number of carbonyl (C=O) groups excluding carboxylic acids is 2. The Hall–Kier alpha value is -1.82. The molecular weight excluding hydrogens is 292 g/mol. The Morgan fingerprint density at radius 3 is 2.33 bits per heavy atom. The molecular formula is C15H18O5S. The van der Waals surface area contributed by atoms with Gasteiger partial charge >= 0.3 is 11.9 Å². The lowest BCUT2D eigenvalue weighted by molar-refractivity contribution is -0.142. The summed E-state index contributed by atoms with van der Waals surface area (Å²) in [6.45, 7) is 2.15. The Morgan fingerprint density at radius 2 is 1.76 bits per heavy atom. The van der Waals surface area contributed by atoms with Gasteiger partial charge in [-0.25, -0.2) is 0 Å². The highest BCUT2D eigenvalue weighted by molar-refractivity contribution is 7.99. The Kier molecular flexibility index (Phi) is 7.53. The van der Waals surface area contributed by atoms with Crippen LogP contribution in [0, 0.1) is 0 Å². The Balaban J connectivity index is 2.41. The van der Waals surface area contributed by atoms with E-state index >= 15 is 0 Å². The van der Waals surface area contributed by atoms with Gasteiger partial charge in [-0.3, -0.25) is 14.4 Å². The monoisotopic (exact) mass is 310 g/mol. The summed E-state index contributed by atoms with van der Waals surface area (Å²) in [6, 6.07) is 6.95. The minimum atomic E-state index is -0.977.